The van der Waals surface area contributed by atoms with Crippen LogP contribution >= 0.6 is 0 Å². The molecule has 0 aromatic carbocycles. The Balaban J connectivity index is 2.83. The zero-order chi connectivity index (χ0) is 14.8. The van der Waals surface area contributed by atoms with Crippen LogP contribution in [0.4, 0.5) is 0 Å². The molecule has 1 heterocycles. The summed E-state index contributed by atoms with van der Waals surface area (Å²) < 4.78 is 31.2. The van der Waals surface area contributed by atoms with Crippen LogP contribution in [0.15, 0.2) is 0 Å². The highest BCUT2D eigenvalue weighted by Gasteiger charge is 2.39. The molecule has 0 aromatic rings. The predicted octanol–water partition coefficient (Wildman–Crippen LogP) is -0.104. The van der Waals surface area contributed by atoms with E-state index in [1.54, 1.807) is 13.8 Å². The number of hydrogen-bond acceptors (Lipinski definition) is 6. The molecule has 108 valence electrons. The van der Waals surface area contributed by atoms with E-state index in [1.807, 2.05) is 0 Å². The van der Waals surface area contributed by atoms with Gasteiger partial charge in [-0.25, -0.2) is 4.79 Å². The molecule has 1 aliphatic rings. The number of hydrogen-bond donors (Lipinski definition) is 1. The lowest BCUT2D eigenvalue weighted by atomic mass is 10.1. The molecular weight excluding hydrogens is 278 g/mol. The fourth-order valence-corrected chi connectivity index (χ4v) is 2.49. The van der Waals surface area contributed by atoms with Gasteiger partial charge in [0, 0.05) is 12.8 Å². The summed E-state index contributed by atoms with van der Waals surface area (Å²) in [7, 11) is -4.66. The van der Waals surface area contributed by atoms with Crippen molar-refractivity contribution < 1.29 is 32.2 Å². The highest BCUT2D eigenvalue weighted by molar-refractivity contribution is 7.87. The van der Waals surface area contributed by atoms with Crippen LogP contribution in [0.2, 0.25) is 0 Å². The lowest BCUT2D eigenvalue weighted by Crippen LogP contribution is -2.40. The Morgan fingerprint density at radius 3 is 2.16 bits per heavy atom. The van der Waals surface area contributed by atoms with Gasteiger partial charge >= 0.3 is 5.97 Å². The molecule has 0 saturated carbocycles. The first kappa shape index (κ1) is 15.6. The standard InChI is InChI=1S/C10H15NO7S/c1-6(2)5-7(19(15,16)17)10(14)18-11-8(12)3-4-9(11)13/h6-7H,3-5H2,1-2H3,(H,15,16,17). The molecule has 1 unspecified atom stereocenters. The van der Waals surface area contributed by atoms with Crippen molar-refractivity contribution in [2.24, 2.45) is 5.92 Å². The highest BCUT2D eigenvalue weighted by atomic mass is 32.2. The van der Waals surface area contributed by atoms with Gasteiger partial charge in [-0.15, -0.1) is 5.06 Å². The van der Waals surface area contributed by atoms with Crippen molar-refractivity contribution in [2.75, 3.05) is 0 Å². The van der Waals surface area contributed by atoms with Gasteiger partial charge in [-0.3, -0.25) is 14.1 Å². The first-order chi connectivity index (χ1) is 8.62. The first-order valence-electron chi connectivity index (χ1n) is 5.66. The van der Waals surface area contributed by atoms with E-state index >= 15 is 0 Å². The van der Waals surface area contributed by atoms with Gasteiger partial charge in [0.2, 0.25) is 0 Å². The summed E-state index contributed by atoms with van der Waals surface area (Å²) in [5, 5.41) is -1.56. The molecule has 1 aliphatic heterocycles. The second kappa shape index (κ2) is 5.66. The van der Waals surface area contributed by atoms with Gasteiger partial charge in [0.1, 0.15) is 0 Å². The fraction of sp³-hybridized carbons (Fsp3) is 0.700. The van der Waals surface area contributed by atoms with Crippen LogP contribution in [-0.2, 0) is 29.3 Å². The summed E-state index contributed by atoms with van der Waals surface area (Å²) in [6, 6.07) is 0. The third-order valence-electron chi connectivity index (χ3n) is 2.49. The number of carbonyl (C=O) groups excluding carboxylic acids is 3. The molecule has 1 rings (SSSR count). The lowest BCUT2D eigenvalue weighted by Gasteiger charge is -2.18. The van der Waals surface area contributed by atoms with Crippen molar-refractivity contribution in [1.82, 2.24) is 5.06 Å². The molecule has 1 saturated heterocycles. The van der Waals surface area contributed by atoms with Gasteiger partial charge in [0.05, 0.1) is 0 Å². The van der Waals surface area contributed by atoms with Gasteiger partial charge in [-0.2, -0.15) is 8.42 Å². The largest absolute Gasteiger partial charge is 0.353 e. The molecule has 0 spiro atoms. The lowest BCUT2D eigenvalue weighted by molar-refractivity contribution is -0.197. The van der Waals surface area contributed by atoms with E-state index in [9.17, 15) is 22.8 Å². The summed E-state index contributed by atoms with van der Waals surface area (Å²) >= 11 is 0. The first-order valence-corrected chi connectivity index (χ1v) is 7.17. The number of hydroxylamine groups is 2. The average molecular weight is 293 g/mol. The maximum absolute atomic E-state index is 11.7. The number of imide groups is 1. The Hall–Kier alpha value is -1.48. The minimum Gasteiger partial charge on any atom is -0.329 e. The van der Waals surface area contributed by atoms with Gasteiger partial charge in [0.25, 0.3) is 21.9 Å². The molecule has 8 nitrogen and oxygen atoms in total. The molecule has 1 N–H and O–H groups in total. The normalized spacial score (nSPS) is 18.0. The van der Waals surface area contributed by atoms with E-state index in [2.05, 4.69) is 4.84 Å². The molecule has 2 amide bonds. The Labute approximate surface area is 110 Å². The van der Waals surface area contributed by atoms with Crippen molar-refractivity contribution in [1.29, 1.82) is 0 Å². The van der Waals surface area contributed by atoms with E-state index in [0.29, 0.717) is 0 Å². The minimum absolute atomic E-state index is 0.0904. The summed E-state index contributed by atoms with van der Waals surface area (Å²) in [5.41, 5.74) is 0. The molecule has 1 fully saturated rings. The third kappa shape index (κ3) is 4.00. The second-order valence-corrected chi connectivity index (χ2v) is 6.22. The summed E-state index contributed by atoms with van der Waals surface area (Å²) in [6.07, 6.45) is -0.354. The van der Waals surface area contributed by atoms with E-state index in [-0.39, 0.29) is 30.2 Å². The topological polar surface area (TPSA) is 118 Å². The van der Waals surface area contributed by atoms with Crippen molar-refractivity contribution in [3.05, 3.63) is 0 Å². The van der Waals surface area contributed by atoms with Gasteiger partial charge in [-0.05, 0) is 12.3 Å². The number of nitrogens with zero attached hydrogens (tertiary/aromatic N) is 1. The van der Waals surface area contributed by atoms with Crippen LogP contribution < -0.4 is 0 Å². The van der Waals surface area contributed by atoms with E-state index < -0.39 is 33.2 Å². The second-order valence-electron chi connectivity index (χ2n) is 4.63. The van der Waals surface area contributed by atoms with Gasteiger partial charge in [0.15, 0.2) is 5.25 Å². The zero-order valence-electron chi connectivity index (χ0n) is 10.5. The molecule has 9 heteroatoms. The fourth-order valence-electron chi connectivity index (χ4n) is 1.57. The van der Waals surface area contributed by atoms with Crippen LogP contribution in [0.1, 0.15) is 33.1 Å². The molecule has 0 radical (unpaired) electrons. The molecular formula is C10H15NO7S. The molecule has 0 aliphatic carbocycles. The van der Waals surface area contributed by atoms with Crippen LogP contribution in [0.5, 0.6) is 0 Å². The summed E-state index contributed by atoms with van der Waals surface area (Å²) in [4.78, 5) is 38.6. The third-order valence-corrected chi connectivity index (χ3v) is 3.60. The number of carbonyl (C=O) groups is 3. The maximum Gasteiger partial charge on any atom is 0.353 e. The Morgan fingerprint density at radius 2 is 1.79 bits per heavy atom. The SMILES string of the molecule is CC(C)CC(C(=O)ON1C(=O)CCC1=O)S(=O)(=O)O. The van der Waals surface area contributed by atoms with Crippen LogP contribution in [0.25, 0.3) is 0 Å². The summed E-state index contributed by atoms with van der Waals surface area (Å²) in [5.74, 6) is -2.96. The zero-order valence-corrected chi connectivity index (χ0v) is 11.3. The Kier molecular flexibility index (Phi) is 4.64. The Bertz CT molecular complexity index is 480. The van der Waals surface area contributed by atoms with Crippen molar-refractivity contribution in [2.45, 2.75) is 38.4 Å². The number of amides is 2. The summed E-state index contributed by atoms with van der Waals surface area (Å²) in [6.45, 7) is 3.30. The molecule has 0 aromatic heterocycles. The molecule has 0 bridgehead atoms. The number of rotatable bonds is 5. The van der Waals surface area contributed by atoms with E-state index in [1.165, 1.54) is 0 Å². The molecule has 1 atom stereocenters. The monoisotopic (exact) mass is 293 g/mol. The van der Waals surface area contributed by atoms with Gasteiger partial charge in [-0.1, -0.05) is 13.8 Å². The average Bonchev–Trinajstić information content (AvgIpc) is 2.55. The minimum atomic E-state index is -4.66. The van der Waals surface area contributed by atoms with Crippen molar-refractivity contribution >= 4 is 27.9 Å². The van der Waals surface area contributed by atoms with E-state index in [4.69, 9.17) is 4.55 Å². The predicted molar refractivity (Wildman–Crippen MR) is 62.0 cm³/mol. The van der Waals surface area contributed by atoms with Crippen LogP contribution in [-0.4, -0.2) is 41.1 Å². The smallest absolute Gasteiger partial charge is 0.329 e. The quantitative estimate of drug-likeness (QED) is 0.555. The molecule has 19 heavy (non-hydrogen) atoms. The van der Waals surface area contributed by atoms with Crippen LogP contribution in [0.3, 0.4) is 0 Å². The Morgan fingerprint density at radius 1 is 1.32 bits per heavy atom. The highest BCUT2D eigenvalue weighted by Crippen LogP contribution is 2.17. The maximum atomic E-state index is 11.7. The van der Waals surface area contributed by atoms with Crippen molar-refractivity contribution in [3.63, 3.8) is 0 Å². The van der Waals surface area contributed by atoms with Gasteiger partial charge < -0.3 is 4.84 Å². The van der Waals surface area contributed by atoms with Crippen molar-refractivity contribution in [3.8, 4) is 0 Å². The van der Waals surface area contributed by atoms with E-state index in [0.717, 1.165) is 0 Å². The van der Waals surface area contributed by atoms with Crippen LogP contribution in [0, 0.1) is 5.92 Å².